The van der Waals surface area contributed by atoms with Crippen LogP contribution < -0.4 is 5.56 Å². The largest absolute Gasteiger partial charge is 0.360 e. The molecule has 122 valence electrons. The summed E-state index contributed by atoms with van der Waals surface area (Å²) in [7, 11) is 0. The SMILES string of the molecule is O=c1cc(-c2ccsc2)nc2sc(-c3c[nH]c4ccc(Cl)cc34)nn12. The minimum atomic E-state index is -0.188. The number of hydrogen-bond donors (Lipinski definition) is 1. The lowest BCUT2D eigenvalue weighted by Gasteiger charge is -1.95. The number of fused-ring (bicyclic) bond motifs is 2. The Labute approximate surface area is 154 Å². The van der Waals surface area contributed by atoms with Crippen molar-refractivity contribution in [3.05, 3.63) is 62.7 Å². The van der Waals surface area contributed by atoms with Gasteiger partial charge < -0.3 is 4.98 Å². The Balaban J connectivity index is 1.73. The number of H-pyrrole nitrogens is 1. The summed E-state index contributed by atoms with van der Waals surface area (Å²) in [4.78, 5) is 20.8. The molecule has 0 fully saturated rings. The van der Waals surface area contributed by atoms with Crippen LogP contribution in [0.15, 0.2) is 52.1 Å². The lowest BCUT2D eigenvalue weighted by molar-refractivity contribution is 0.905. The fraction of sp³-hybridized carbons (Fsp3) is 0. The predicted octanol–water partition coefficient (Wildman–Crippen LogP) is 4.68. The highest BCUT2D eigenvalue weighted by molar-refractivity contribution is 7.20. The summed E-state index contributed by atoms with van der Waals surface area (Å²) in [5.41, 5.74) is 3.30. The van der Waals surface area contributed by atoms with E-state index < -0.39 is 0 Å². The fourth-order valence-corrected chi connectivity index (χ4v) is 4.50. The van der Waals surface area contributed by atoms with E-state index in [1.165, 1.54) is 21.9 Å². The van der Waals surface area contributed by atoms with Crippen molar-refractivity contribution in [3.63, 3.8) is 0 Å². The molecule has 0 aliphatic heterocycles. The highest BCUT2D eigenvalue weighted by Gasteiger charge is 2.15. The first-order chi connectivity index (χ1) is 12.2. The second-order valence-electron chi connectivity index (χ2n) is 5.49. The quantitative estimate of drug-likeness (QED) is 0.480. The van der Waals surface area contributed by atoms with E-state index in [4.69, 9.17) is 11.6 Å². The van der Waals surface area contributed by atoms with Crippen molar-refractivity contribution in [2.75, 3.05) is 0 Å². The summed E-state index contributed by atoms with van der Waals surface area (Å²) in [5, 5.41) is 10.7. The van der Waals surface area contributed by atoms with Gasteiger partial charge in [-0.05, 0) is 29.6 Å². The Morgan fingerprint density at radius 2 is 2.12 bits per heavy atom. The zero-order valence-electron chi connectivity index (χ0n) is 12.6. The van der Waals surface area contributed by atoms with E-state index in [1.807, 2.05) is 41.2 Å². The van der Waals surface area contributed by atoms with Gasteiger partial charge in [-0.2, -0.15) is 21.0 Å². The molecular weight excluding hydrogens is 376 g/mol. The standard InChI is InChI=1S/C17H9ClN4OS2/c18-10-1-2-13-11(5-10)12(7-19-13)16-21-22-15(23)6-14(20-17(22)25-16)9-3-4-24-8-9/h1-8,19H. The van der Waals surface area contributed by atoms with Gasteiger partial charge in [0.05, 0.1) is 5.69 Å². The molecule has 5 nitrogen and oxygen atoms in total. The van der Waals surface area contributed by atoms with Crippen molar-refractivity contribution in [1.82, 2.24) is 19.6 Å². The number of aromatic nitrogens is 4. The molecule has 0 radical (unpaired) electrons. The van der Waals surface area contributed by atoms with Crippen LogP contribution in [0.25, 0.3) is 37.7 Å². The summed E-state index contributed by atoms with van der Waals surface area (Å²) in [5.74, 6) is 0. The maximum absolute atomic E-state index is 12.4. The second kappa shape index (κ2) is 5.52. The third-order valence-corrected chi connectivity index (χ3v) is 5.80. The van der Waals surface area contributed by atoms with Crippen LogP contribution >= 0.6 is 34.3 Å². The van der Waals surface area contributed by atoms with E-state index >= 15 is 0 Å². The highest BCUT2D eigenvalue weighted by atomic mass is 35.5. The molecule has 0 saturated heterocycles. The van der Waals surface area contributed by atoms with E-state index in [-0.39, 0.29) is 5.56 Å². The Hall–Kier alpha value is -2.48. The minimum Gasteiger partial charge on any atom is -0.360 e. The van der Waals surface area contributed by atoms with Gasteiger partial charge in [0, 0.05) is 44.7 Å². The summed E-state index contributed by atoms with van der Waals surface area (Å²) < 4.78 is 1.35. The summed E-state index contributed by atoms with van der Waals surface area (Å²) >= 11 is 9.08. The van der Waals surface area contributed by atoms with Crippen molar-refractivity contribution in [1.29, 1.82) is 0 Å². The van der Waals surface area contributed by atoms with Crippen molar-refractivity contribution >= 4 is 50.1 Å². The molecule has 4 aromatic heterocycles. The van der Waals surface area contributed by atoms with E-state index in [2.05, 4.69) is 15.1 Å². The number of nitrogens with one attached hydrogen (secondary N) is 1. The van der Waals surface area contributed by atoms with Crippen LogP contribution in [0.2, 0.25) is 5.02 Å². The highest BCUT2D eigenvalue weighted by Crippen LogP contribution is 2.33. The van der Waals surface area contributed by atoms with Crippen molar-refractivity contribution < 1.29 is 0 Å². The van der Waals surface area contributed by atoms with Crippen LogP contribution in [0.4, 0.5) is 0 Å². The topological polar surface area (TPSA) is 63.0 Å². The molecule has 5 rings (SSSR count). The first kappa shape index (κ1) is 14.8. The van der Waals surface area contributed by atoms with Gasteiger partial charge in [-0.25, -0.2) is 4.98 Å². The molecule has 25 heavy (non-hydrogen) atoms. The monoisotopic (exact) mass is 384 g/mol. The zero-order chi connectivity index (χ0) is 17.0. The molecule has 0 saturated carbocycles. The van der Waals surface area contributed by atoms with Gasteiger partial charge in [0.2, 0.25) is 4.96 Å². The molecule has 0 aliphatic carbocycles. The molecule has 0 aliphatic rings. The first-order valence-corrected chi connectivity index (χ1v) is 9.53. The molecule has 0 unspecified atom stereocenters. The summed E-state index contributed by atoms with van der Waals surface area (Å²) in [6.07, 6.45) is 1.88. The number of rotatable bonds is 2. The summed E-state index contributed by atoms with van der Waals surface area (Å²) in [6, 6.07) is 9.12. The van der Waals surface area contributed by atoms with Crippen LogP contribution in [-0.2, 0) is 0 Å². The Morgan fingerprint density at radius 1 is 1.20 bits per heavy atom. The molecule has 0 atom stereocenters. The third kappa shape index (κ3) is 2.39. The maximum Gasteiger partial charge on any atom is 0.275 e. The van der Waals surface area contributed by atoms with Crippen LogP contribution in [-0.4, -0.2) is 19.6 Å². The van der Waals surface area contributed by atoms with E-state index in [0.29, 0.717) is 15.7 Å². The van der Waals surface area contributed by atoms with Crippen LogP contribution in [0.3, 0.4) is 0 Å². The van der Waals surface area contributed by atoms with Gasteiger partial charge in [-0.1, -0.05) is 22.9 Å². The zero-order valence-corrected chi connectivity index (χ0v) is 15.0. The molecule has 4 heterocycles. The van der Waals surface area contributed by atoms with Gasteiger partial charge >= 0.3 is 0 Å². The molecule has 0 amide bonds. The predicted molar refractivity (Wildman–Crippen MR) is 103 cm³/mol. The fourth-order valence-electron chi connectivity index (χ4n) is 2.75. The minimum absolute atomic E-state index is 0.188. The first-order valence-electron chi connectivity index (χ1n) is 7.39. The lowest BCUT2D eigenvalue weighted by atomic mass is 10.2. The van der Waals surface area contributed by atoms with E-state index in [0.717, 1.165) is 27.0 Å². The van der Waals surface area contributed by atoms with E-state index in [9.17, 15) is 4.79 Å². The Bertz CT molecular complexity index is 1280. The van der Waals surface area contributed by atoms with Crippen LogP contribution in [0.1, 0.15) is 0 Å². The molecule has 5 aromatic rings. The van der Waals surface area contributed by atoms with E-state index in [1.54, 1.807) is 11.3 Å². The molecule has 0 bridgehead atoms. The summed E-state index contributed by atoms with van der Waals surface area (Å²) in [6.45, 7) is 0. The molecule has 1 N–H and O–H groups in total. The second-order valence-corrected chi connectivity index (χ2v) is 7.66. The smallest absolute Gasteiger partial charge is 0.275 e. The van der Waals surface area contributed by atoms with Crippen molar-refractivity contribution in [2.24, 2.45) is 0 Å². The van der Waals surface area contributed by atoms with Gasteiger partial charge in [0.15, 0.2) is 0 Å². The normalized spacial score (nSPS) is 11.6. The van der Waals surface area contributed by atoms with Crippen molar-refractivity contribution in [2.45, 2.75) is 0 Å². The van der Waals surface area contributed by atoms with Crippen LogP contribution in [0.5, 0.6) is 0 Å². The Morgan fingerprint density at radius 3 is 2.96 bits per heavy atom. The number of nitrogens with zero attached hydrogens (tertiary/aromatic N) is 3. The maximum atomic E-state index is 12.4. The van der Waals surface area contributed by atoms with Crippen molar-refractivity contribution in [3.8, 4) is 21.8 Å². The molecule has 0 spiro atoms. The number of thiophene rings is 1. The molecular formula is C17H9ClN4OS2. The van der Waals surface area contributed by atoms with Gasteiger partial charge in [-0.15, -0.1) is 0 Å². The number of benzene rings is 1. The number of halogens is 1. The lowest BCUT2D eigenvalue weighted by Crippen LogP contribution is -2.13. The average molecular weight is 385 g/mol. The van der Waals surface area contributed by atoms with Crippen LogP contribution in [0, 0.1) is 0 Å². The van der Waals surface area contributed by atoms with Gasteiger partial charge in [0.1, 0.15) is 5.01 Å². The molecule has 8 heteroatoms. The number of aromatic amines is 1. The van der Waals surface area contributed by atoms with Gasteiger partial charge in [-0.3, -0.25) is 4.79 Å². The number of hydrogen-bond acceptors (Lipinski definition) is 5. The Kier molecular flexibility index (Phi) is 3.27. The van der Waals surface area contributed by atoms with Gasteiger partial charge in [0.25, 0.3) is 5.56 Å². The third-order valence-electron chi connectivity index (χ3n) is 3.94. The molecule has 1 aromatic carbocycles. The average Bonchev–Trinajstić information content (AvgIpc) is 3.33.